The van der Waals surface area contributed by atoms with Crippen molar-refractivity contribution in [2.75, 3.05) is 56.6 Å². The highest BCUT2D eigenvalue weighted by atomic mass is 32.1. The van der Waals surface area contributed by atoms with Crippen LogP contribution in [0.4, 0.5) is 11.6 Å². The van der Waals surface area contributed by atoms with E-state index in [1.807, 2.05) is 10.9 Å². The fourth-order valence-corrected chi connectivity index (χ4v) is 5.83. The first kappa shape index (κ1) is 27.7. The number of ether oxygens (including phenoxy) is 2. The van der Waals surface area contributed by atoms with E-state index in [0.717, 1.165) is 86.6 Å². The maximum Gasteiger partial charge on any atom is 0.224 e. The Labute approximate surface area is 235 Å². The predicted octanol–water partition coefficient (Wildman–Crippen LogP) is 5.22. The fraction of sp³-hybridized carbons (Fsp3) is 0.464. The first-order valence-corrected chi connectivity index (χ1v) is 18.3. The third kappa shape index (κ3) is 7.86. The molecule has 0 atom stereocenters. The molecule has 0 radical (unpaired) electrons. The van der Waals surface area contributed by atoms with Gasteiger partial charge in [-0.15, -0.1) is 0 Å². The van der Waals surface area contributed by atoms with Crippen molar-refractivity contribution in [2.45, 2.75) is 39.0 Å². The van der Waals surface area contributed by atoms with Gasteiger partial charge in [-0.05, 0) is 40.6 Å². The lowest BCUT2D eigenvalue weighted by atomic mass is 10.1. The summed E-state index contributed by atoms with van der Waals surface area (Å²) in [5, 5.41) is 17.1. The van der Waals surface area contributed by atoms with Gasteiger partial charge in [-0.2, -0.15) is 21.4 Å². The maximum atomic E-state index is 6.08. The highest BCUT2D eigenvalue weighted by molar-refractivity contribution is 7.07. The maximum absolute atomic E-state index is 6.08. The normalized spacial score (nSPS) is 14.6. The number of hydrogen-bond donors (Lipinski definition) is 2. The predicted molar refractivity (Wildman–Crippen MR) is 162 cm³/mol. The molecule has 0 amide bonds. The standard InChI is InChI=1S/C28H39N7O2SSi/c1-39(2,3)16-14-37-21-35-27-25(19-31-28(32-27)29-8-9-34-10-12-36-13-11-34)26(33-35)23-5-4-6-24(17-23)30-18-22-7-15-38-20-22/h4-7,15,17,19-20,30H,8-14,16,18,21H2,1-3H3,(H,29,31,32). The number of nitrogens with zero attached hydrogens (tertiary/aromatic N) is 5. The third-order valence-corrected chi connectivity index (χ3v) is 9.16. The zero-order valence-electron chi connectivity index (χ0n) is 23.2. The van der Waals surface area contributed by atoms with Gasteiger partial charge in [0.05, 0.1) is 18.6 Å². The van der Waals surface area contributed by atoms with Crippen molar-refractivity contribution < 1.29 is 9.47 Å². The number of rotatable bonds is 13. The average molecular weight is 566 g/mol. The van der Waals surface area contributed by atoms with Crippen LogP contribution < -0.4 is 10.6 Å². The van der Waals surface area contributed by atoms with Gasteiger partial charge in [-0.25, -0.2) is 9.67 Å². The van der Waals surface area contributed by atoms with Crippen LogP contribution in [0.1, 0.15) is 5.56 Å². The minimum absolute atomic E-state index is 0.362. The Morgan fingerprint density at radius 3 is 2.79 bits per heavy atom. The van der Waals surface area contributed by atoms with Gasteiger partial charge < -0.3 is 20.1 Å². The van der Waals surface area contributed by atoms with Gasteiger partial charge in [0.15, 0.2) is 5.65 Å². The molecule has 0 saturated carbocycles. The Kier molecular flexibility index (Phi) is 9.25. The zero-order valence-corrected chi connectivity index (χ0v) is 25.0. The van der Waals surface area contributed by atoms with Crippen LogP contribution in [-0.2, 0) is 22.7 Å². The van der Waals surface area contributed by atoms with Crippen LogP contribution >= 0.6 is 11.3 Å². The molecule has 0 bridgehead atoms. The third-order valence-electron chi connectivity index (χ3n) is 6.73. The number of benzene rings is 1. The SMILES string of the molecule is C[Si](C)(C)CCOCn1nc(-c2cccc(NCc3ccsc3)c2)c2cnc(NCCN3CCOCC3)nc21. The summed E-state index contributed by atoms with van der Waals surface area (Å²) < 4.78 is 13.4. The molecule has 5 rings (SSSR count). The van der Waals surface area contributed by atoms with Crippen molar-refractivity contribution in [3.05, 3.63) is 52.9 Å². The monoisotopic (exact) mass is 565 g/mol. The summed E-state index contributed by atoms with van der Waals surface area (Å²) in [6.07, 6.45) is 1.88. The van der Waals surface area contributed by atoms with Crippen molar-refractivity contribution in [1.29, 1.82) is 0 Å². The summed E-state index contributed by atoms with van der Waals surface area (Å²) in [6, 6.07) is 11.6. The number of hydrogen-bond acceptors (Lipinski definition) is 9. The van der Waals surface area contributed by atoms with Crippen LogP contribution in [-0.4, -0.2) is 78.7 Å². The summed E-state index contributed by atoms with van der Waals surface area (Å²) in [4.78, 5) is 11.9. The van der Waals surface area contributed by atoms with Crippen LogP contribution in [0.25, 0.3) is 22.3 Å². The molecule has 0 aliphatic carbocycles. The minimum atomic E-state index is -1.18. The Morgan fingerprint density at radius 1 is 1.13 bits per heavy atom. The van der Waals surface area contributed by atoms with E-state index in [1.54, 1.807) is 11.3 Å². The molecular formula is C28H39N7O2SSi. The lowest BCUT2D eigenvalue weighted by Crippen LogP contribution is -2.39. The van der Waals surface area contributed by atoms with Gasteiger partial charge in [0.25, 0.3) is 0 Å². The van der Waals surface area contributed by atoms with Crippen LogP contribution in [0.2, 0.25) is 25.7 Å². The Balaban J connectivity index is 1.34. The van der Waals surface area contributed by atoms with Crippen molar-refractivity contribution in [3.63, 3.8) is 0 Å². The van der Waals surface area contributed by atoms with E-state index in [9.17, 15) is 0 Å². The molecule has 1 aromatic carbocycles. The van der Waals surface area contributed by atoms with Crippen molar-refractivity contribution in [1.82, 2.24) is 24.6 Å². The molecule has 2 N–H and O–H groups in total. The average Bonchev–Trinajstić information content (AvgIpc) is 3.58. The van der Waals surface area contributed by atoms with E-state index >= 15 is 0 Å². The Hall–Kier alpha value is -2.83. The highest BCUT2D eigenvalue weighted by Crippen LogP contribution is 2.29. The Morgan fingerprint density at radius 2 is 2.00 bits per heavy atom. The fourth-order valence-electron chi connectivity index (χ4n) is 4.40. The van der Waals surface area contributed by atoms with Gasteiger partial charge in [0, 0.05) is 64.9 Å². The van der Waals surface area contributed by atoms with Crippen LogP contribution in [0.3, 0.4) is 0 Å². The summed E-state index contributed by atoms with van der Waals surface area (Å²) in [7, 11) is -1.18. The largest absolute Gasteiger partial charge is 0.381 e. The van der Waals surface area contributed by atoms with Crippen molar-refractivity contribution in [2.24, 2.45) is 0 Å². The van der Waals surface area contributed by atoms with Gasteiger partial charge >= 0.3 is 0 Å². The zero-order chi connectivity index (χ0) is 27.1. The quantitative estimate of drug-likeness (QED) is 0.168. The van der Waals surface area contributed by atoms with Crippen molar-refractivity contribution >= 4 is 42.1 Å². The molecule has 1 fully saturated rings. The Bertz CT molecular complexity index is 1330. The van der Waals surface area contributed by atoms with Crippen LogP contribution in [0.15, 0.2) is 47.3 Å². The number of thiophene rings is 1. The van der Waals surface area contributed by atoms with E-state index in [1.165, 1.54) is 5.56 Å². The van der Waals surface area contributed by atoms with Gasteiger partial charge in [-0.3, -0.25) is 4.90 Å². The van der Waals surface area contributed by atoms with Crippen LogP contribution in [0.5, 0.6) is 0 Å². The first-order valence-electron chi connectivity index (χ1n) is 13.7. The van der Waals surface area contributed by atoms with E-state index in [0.29, 0.717) is 12.7 Å². The molecular weight excluding hydrogens is 527 g/mol. The molecule has 0 spiro atoms. The minimum Gasteiger partial charge on any atom is -0.381 e. The second kappa shape index (κ2) is 13.0. The number of morpholine rings is 1. The number of anilines is 2. The molecule has 3 aromatic heterocycles. The molecule has 1 aliphatic rings. The van der Waals surface area contributed by atoms with Crippen molar-refractivity contribution in [3.8, 4) is 11.3 Å². The number of aromatic nitrogens is 4. The second-order valence-corrected chi connectivity index (χ2v) is 17.5. The van der Waals surface area contributed by atoms with E-state index in [4.69, 9.17) is 19.6 Å². The summed E-state index contributed by atoms with van der Waals surface area (Å²) >= 11 is 1.71. The topological polar surface area (TPSA) is 89.4 Å². The number of fused-ring (bicyclic) bond motifs is 1. The van der Waals surface area contributed by atoms with Gasteiger partial charge in [0.1, 0.15) is 12.4 Å². The lowest BCUT2D eigenvalue weighted by Gasteiger charge is -2.26. The van der Waals surface area contributed by atoms with E-state index in [2.05, 4.69) is 81.3 Å². The van der Waals surface area contributed by atoms with Gasteiger partial charge in [0.2, 0.25) is 5.95 Å². The van der Waals surface area contributed by atoms with Gasteiger partial charge in [-0.1, -0.05) is 31.8 Å². The first-order chi connectivity index (χ1) is 18.9. The lowest BCUT2D eigenvalue weighted by molar-refractivity contribution is 0.0398. The highest BCUT2D eigenvalue weighted by Gasteiger charge is 2.17. The molecule has 4 aromatic rings. The summed E-state index contributed by atoms with van der Waals surface area (Å²) in [6.45, 7) is 14.2. The molecule has 9 nitrogen and oxygen atoms in total. The molecule has 208 valence electrons. The molecule has 4 heterocycles. The molecule has 1 aliphatic heterocycles. The molecule has 39 heavy (non-hydrogen) atoms. The second-order valence-electron chi connectivity index (χ2n) is 11.1. The molecule has 11 heteroatoms. The smallest absolute Gasteiger partial charge is 0.224 e. The van der Waals surface area contributed by atoms with E-state index in [-0.39, 0.29) is 0 Å². The number of nitrogens with one attached hydrogen (secondary N) is 2. The molecule has 0 unspecified atom stereocenters. The summed E-state index contributed by atoms with van der Waals surface area (Å²) in [5.74, 6) is 0.608. The summed E-state index contributed by atoms with van der Waals surface area (Å²) in [5.41, 5.74) is 4.98. The van der Waals surface area contributed by atoms with Crippen LogP contribution in [0, 0.1) is 0 Å². The molecule has 1 saturated heterocycles. The van der Waals surface area contributed by atoms with E-state index < -0.39 is 8.07 Å².